The summed E-state index contributed by atoms with van der Waals surface area (Å²) >= 11 is 0. The van der Waals surface area contributed by atoms with Gasteiger partial charge in [0.05, 0.1) is 0 Å². The molecule has 3 nitrogen and oxygen atoms in total. The second kappa shape index (κ2) is 15.4. The SMILES string of the molecule is CC(=O)CC(CC(C)C)CC(C)C.CC(C)C[C@H](CN)CC(=O)C(C)C. The van der Waals surface area contributed by atoms with Crippen molar-refractivity contribution >= 4 is 11.6 Å². The highest BCUT2D eigenvalue weighted by atomic mass is 16.1. The third kappa shape index (κ3) is 18.1. The van der Waals surface area contributed by atoms with E-state index in [9.17, 15) is 9.59 Å². The highest BCUT2D eigenvalue weighted by molar-refractivity contribution is 5.80. The highest BCUT2D eigenvalue weighted by Crippen LogP contribution is 2.23. The van der Waals surface area contributed by atoms with Crippen molar-refractivity contribution in [2.45, 2.75) is 94.4 Å². The van der Waals surface area contributed by atoms with Gasteiger partial charge in [0.2, 0.25) is 0 Å². The lowest BCUT2D eigenvalue weighted by Crippen LogP contribution is -2.22. The summed E-state index contributed by atoms with van der Waals surface area (Å²) in [5, 5.41) is 0. The normalized spacial score (nSPS) is 12.7. The van der Waals surface area contributed by atoms with Crippen LogP contribution in [0.5, 0.6) is 0 Å². The number of carbonyl (C=O) groups is 2. The summed E-state index contributed by atoms with van der Waals surface area (Å²) in [5.74, 6) is 3.88. The molecule has 3 heteroatoms. The summed E-state index contributed by atoms with van der Waals surface area (Å²) in [7, 11) is 0. The van der Waals surface area contributed by atoms with E-state index < -0.39 is 0 Å². The lowest BCUT2D eigenvalue weighted by Gasteiger charge is -2.19. The van der Waals surface area contributed by atoms with Crippen LogP contribution < -0.4 is 5.73 Å². The maximum absolute atomic E-state index is 11.4. The third-order valence-corrected chi connectivity index (χ3v) is 4.46. The number of carbonyl (C=O) groups excluding carboxylic acids is 2. The van der Waals surface area contributed by atoms with Crippen LogP contribution in [0.4, 0.5) is 0 Å². The minimum absolute atomic E-state index is 0.154. The summed E-state index contributed by atoms with van der Waals surface area (Å²) in [6.45, 7) is 19.5. The monoisotopic (exact) mass is 369 g/mol. The Labute approximate surface area is 163 Å². The van der Waals surface area contributed by atoms with E-state index in [2.05, 4.69) is 41.5 Å². The zero-order valence-electron chi connectivity index (χ0n) is 19.1. The Hall–Kier alpha value is -0.700. The molecule has 2 N–H and O–H groups in total. The summed E-state index contributed by atoms with van der Waals surface area (Å²) < 4.78 is 0. The predicted octanol–water partition coefficient (Wildman–Crippen LogP) is 5.90. The van der Waals surface area contributed by atoms with E-state index in [-0.39, 0.29) is 5.92 Å². The van der Waals surface area contributed by atoms with Crippen LogP contribution in [0.15, 0.2) is 0 Å². The maximum atomic E-state index is 11.4. The van der Waals surface area contributed by atoms with Gasteiger partial charge >= 0.3 is 0 Å². The van der Waals surface area contributed by atoms with Gasteiger partial charge in [-0.15, -0.1) is 0 Å². The Morgan fingerprint density at radius 1 is 0.692 bits per heavy atom. The Kier molecular flexibility index (Phi) is 16.3. The lowest BCUT2D eigenvalue weighted by molar-refractivity contribution is -0.123. The first-order chi connectivity index (χ1) is 11.9. The molecule has 0 aliphatic rings. The van der Waals surface area contributed by atoms with Gasteiger partial charge in [0, 0.05) is 18.8 Å². The molecule has 0 aliphatic carbocycles. The van der Waals surface area contributed by atoms with Crippen molar-refractivity contribution in [1.82, 2.24) is 0 Å². The van der Waals surface area contributed by atoms with E-state index in [0.717, 1.165) is 12.8 Å². The maximum Gasteiger partial charge on any atom is 0.135 e. The van der Waals surface area contributed by atoms with Crippen LogP contribution in [0.2, 0.25) is 0 Å². The van der Waals surface area contributed by atoms with Crippen molar-refractivity contribution in [2.24, 2.45) is 41.2 Å². The van der Waals surface area contributed by atoms with E-state index in [1.165, 1.54) is 12.8 Å². The van der Waals surface area contributed by atoms with Gasteiger partial charge in [0.25, 0.3) is 0 Å². The van der Waals surface area contributed by atoms with Crippen LogP contribution in [0.25, 0.3) is 0 Å². The highest BCUT2D eigenvalue weighted by Gasteiger charge is 2.16. The van der Waals surface area contributed by atoms with Crippen molar-refractivity contribution in [3.63, 3.8) is 0 Å². The van der Waals surface area contributed by atoms with Gasteiger partial charge in [-0.2, -0.15) is 0 Å². The molecule has 0 amide bonds. The molecular formula is C23H47NO2. The number of Topliss-reactive ketones (excluding diaryl/α,β-unsaturated/α-hetero) is 2. The van der Waals surface area contributed by atoms with Gasteiger partial charge < -0.3 is 10.5 Å². The summed E-state index contributed by atoms with van der Waals surface area (Å²) in [6.07, 6.45) is 4.88. The summed E-state index contributed by atoms with van der Waals surface area (Å²) in [5.41, 5.74) is 5.62. The molecule has 0 bridgehead atoms. The number of hydrogen-bond donors (Lipinski definition) is 1. The minimum atomic E-state index is 0.154. The summed E-state index contributed by atoms with van der Waals surface area (Å²) in [6, 6.07) is 0. The first kappa shape index (κ1) is 27.5. The smallest absolute Gasteiger partial charge is 0.135 e. The number of hydrogen-bond acceptors (Lipinski definition) is 3. The van der Waals surface area contributed by atoms with Gasteiger partial charge in [-0.25, -0.2) is 0 Å². The lowest BCUT2D eigenvalue weighted by atomic mass is 9.86. The molecule has 0 radical (unpaired) electrons. The molecule has 0 heterocycles. The van der Waals surface area contributed by atoms with Gasteiger partial charge in [0.15, 0.2) is 0 Å². The Morgan fingerprint density at radius 3 is 1.35 bits per heavy atom. The molecular weight excluding hydrogens is 322 g/mol. The van der Waals surface area contributed by atoms with E-state index in [1.54, 1.807) is 6.92 Å². The number of rotatable bonds is 12. The van der Waals surface area contributed by atoms with Crippen LogP contribution in [0.1, 0.15) is 94.4 Å². The molecule has 1 atom stereocenters. The van der Waals surface area contributed by atoms with E-state index in [1.807, 2.05) is 13.8 Å². The second-order valence-corrected chi connectivity index (χ2v) is 9.59. The molecule has 0 aromatic rings. The topological polar surface area (TPSA) is 60.2 Å². The molecule has 0 aliphatic heterocycles. The molecule has 26 heavy (non-hydrogen) atoms. The Morgan fingerprint density at radius 2 is 1.08 bits per heavy atom. The number of nitrogens with two attached hydrogens (primary N) is 1. The minimum Gasteiger partial charge on any atom is -0.330 e. The van der Waals surface area contributed by atoms with Crippen LogP contribution in [0.3, 0.4) is 0 Å². The molecule has 0 saturated carbocycles. The van der Waals surface area contributed by atoms with Gasteiger partial charge in [-0.05, 0) is 62.3 Å². The Balaban J connectivity index is 0. The molecule has 0 saturated heterocycles. The van der Waals surface area contributed by atoms with Gasteiger partial charge in [-0.3, -0.25) is 4.79 Å². The molecule has 0 fully saturated rings. The van der Waals surface area contributed by atoms with Crippen molar-refractivity contribution in [3.8, 4) is 0 Å². The Bertz CT molecular complexity index is 362. The zero-order valence-corrected chi connectivity index (χ0v) is 19.1. The van der Waals surface area contributed by atoms with Crippen LogP contribution >= 0.6 is 0 Å². The van der Waals surface area contributed by atoms with Crippen LogP contribution in [-0.4, -0.2) is 18.1 Å². The zero-order chi connectivity index (χ0) is 20.9. The predicted molar refractivity (Wildman–Crippen MR) is 114 cm³/mol. The molecule has 156 valence electrons. The first-order valence-electron chi connectivity index (χ1n) is 10.6. The molecule has 0 spiro atoms. The van der Waals surface area contributed by atoms with Crippen molar-refractivity contribution in [3.05, 3.63) is 0 Å². The third-order valence-electron chi connectivity index (χ3n) is 4.46. The molecule has 0 unspecified atom stereocenters. The van der Waals surface area contributed by atoms with Crippen LogP contribution in [0, 0.1) is 35.5 Å². The summed E-state index contributed by atoms with van der Waals surface area (Å²) in [4.78, 5) is 22.5. The second-order valence-electron chi connectivity index (χ2n) is 9.59. The fourth-order valence-electron chi connectivity index (χ4n) is 3.45. The largest absolute Gasteiger partial charge is 0.330 e. The molecule has 0 aromatic carbocycles. The quantitative estimate of drug-likeness (QED) is 0.466. The van der Waals surface area contributed by atoms with Crippen molar-refractivity contribution in [2.75, 3.05) is 6.54 Å². The number of ketones is 2. The first-order valence-corrected chi connectivity index (χ1v) is 10.6. The van der Waals surface area contributed by atoms with Gasteiger partial charge in [0.1, 0.15) is 11.6 Å². The van der Waals surface area contributed by atoms with E-state index in [4.69, 9.17) is 5.73 Å². The van der Waals surface area contributed by atoms with Crippen LogP contribution in [-0.2, 0) is 9.59 Å². The van der Waals surface area contributed by atoms with Gasteiger partial charge in [-0.1, -0.05) is 55.4 Å². The average Bonchev–Trinajstić information content (AvgIpc) is 2.44. The van der Waals surface area contributed by atoms with E-state index in [0.29, 0.717) is 54.1 Å². The fourth-order valence-corrected chi connectivity index (χ4v) is 3.45. The molecule has 0 aromatic heterocycles. The van der Waals surface area contributed by atoms with E-state index >= 15 is 0 Å². The van der Waals surface area contributed by atoms with Crippen molar-refractivity contribution < 1.29 is 9.59 Å². The average molecular weight is 370 g/mol. The fraction of sp³-hybridized carbons (Fsp3) is 0.913. The standard InChI is InChI=1S/C12H24O.C11H23NO/c1-9(2)6-12(7-10(3)4)8-11(5)13;1-8(2)5-10(7-12)6-11(13)9(3)4/h9-10,12H,6-8H2,1-5H3;8-10H,5-7,12H2,1-4H3/t;10-/m.0/s1. The molecule has 0 rings (SSSR count). The van der Waals surface area contributed by atoms with Crippen molar-refractivity contribution in [1.29, 1.82) is 0 Å².